The van der Waals surface area contributed by atoms with Crippen LogP contribution in [0.5, 0.6) is 0 Å². The highest BCUT2D eigenvalue weighted by molar-refractivity contribution is 4.71. The van der Waals surface area contributed by atoms with Crippen LogP contribution < -0.4 is 0 Å². The van der Waals surface area contributed by atoms with Gasteiger partial charge in [-0.1, -0.05) is 27.7 Å². The number of nitrogens with zero attached hydrogens (tertiary/aromatic N) is 2. The molecule has 0 saturated carbocycles. The molecule has 4 nitrogen and oxygen atoms in total. The van der Waals surface area contributed by atoms with Crippen molar-refractivity contribution in [1.82, 2.24) is 9.80 Å². The predicted octanol–water partition coefficient (Wildman–Crippen LogP) is 1.95. The van der Waals surface area contributed by atoms with Crippen molar-refractivity contribution in [3.63, 3.8) is 0 Å². The molecule has 0 radical (unpaired) electrons. The summed E-state index contributed by atoms with van der Waals surface area (Å²) in [7, 11) is 4.30. The van der Waals surface area contributed by atoms with E-state index in [1.807, 2.05) is 0 Å². The monoisotopic (exact) mass is 286 g/mol. The van der Waals surface area contributed by atoms with Gasteiger partial charge in [0.15, 0.2) is 0 Å². The van der Waals surface area contributed by atoms with Crippen molar-refractivity contribution in [2.75, 3.05) is 53.5 Å². The summed E-state index contributed by atoms with van der Waals surface area (Å²) < 4.78 is 11.1. The van der Waals surface area contributed by atoms with Crippen LogP contribution in [0, 0.1) is 11.8 Å². The van der Waals surface area contributed by atoms with Gasteiger partial charge in [-0.05, 0) is 25.9 Å². The van der Waals surface area contributed by atoms with E-state index in [0.717, 1.165) is 39.4 Å². The molecule has 4 heteroatoms. The third kappa shape index (κ3) is 6.53. The lowest BCUT2D eigenvalue weighted by molar-refractivity contribution is -0.0425. The van der Waals surface area contributed by atoms with E-state index in [2.05, 4.69) is 51.6 Å². The maximum Gasteiger partial charge on any atom is 0.0725 e. The Morgan fingerprint density at radius 1 is 0.750 bits per heavy atom. The summed E-state index contributed by atoms with van der Waals surface area (Å²) in [6, 6.07) is 0. The average Bonchev–Trinajstić information content (AvgIpc) is 2.39. The van der Waals surface area contributed by atoms with E-state index in [1.165, 1.54) is 0 Å². The van der Waals surface area contributed by atoms with Crippen molar-refractivity contribution in [3.05, 3.63) is 0 Å². The fourth-order valence-corrected chi connectivity index (χ4v) is 2.43. The van der Waals surface area contributed by atoms with Crippen LogP contribution in [0.4, 0.5) is 0 Å². The second-order valence-electron chi connectivity index (χ2n) is 6.83. The van der Waals surface area contributed by atoms with E-state index in [-0.39, 0.29) is 0 Å². The summed E-state index contributed by atoms with van der Waals surface area (Å²) in [6.07, 6.45) is 0.914. The molecule has 0 aromatic rings. The first-order valence-corrected chi connectivity index (χ1v) is 8.00. The van der Waals surface area contributed by atoms with Crippen LogP contribution >= 0.6 is 0 Å². The third-order valence-corrected chi connectivity index (χ3v) is 4.08. The Kier molecular flexibility index (Phi) is 8.03. The maximum atomic E-state index is 5.57. The van der Waals surface area contributed by atoms with Gasteiger partial charge in [-0.25, -0.2) is 0 Å². The highest BCUT2D eigenvalue weighted by Gasteiger charge is 2.20. The van der Waals surface area contributed by atoms with Crippen LogP contribution in [0.2, 0.25) is 0 Å². The molecule has 0 bridgehead atoms. The summed E-state index contributed by atoms with van der Waals surface area (Å²) in [4.78, 5) is 4.66. The molecule has 20 heavy (non-hydrogen) atoms. The lowest BCUT2D eigenvalue weighted by atomic mass is 10.1. The second kappa shape index (κ2) is 8.98. The third-order valence-electron chi connectivity index (χ3n) is 4.08. The molecule has 2 aliphatic heterocycles. The molecular weight excluding hydrogens is 252 g/mol. The molecule has 0 aromatic heterocycles. The Morgan fingerprint density at radius 3 is 1.30 bits per heavy atom. The van der Waals surface area contributed by atoms with Crippen molar-refractivity contribution in [2.24, 2.45) is 11.8 Å². The van der Waals surface area contributed by atoms with Gasteiger partial charge in [0.25, 0.3) is 0 Å². The minimum atomic E-state index is 0.457. The van der Waals surface area contributed by atoms with Crippen LogP contribution in [0.15, 0.2) is 0 Å². The molecule has 0 spiro atoms. The van der Waals surface area contributed by atoms with Crippen LogP contribution in [-0.2, 0) is 9.47 Å². The van der Waals surface area contributed by atoms with Gasteiger partial charge in [-0.2, -0.15) is 0 Å². The lowest BCUT2D eigenvalue weighted by Crippen LogP contribution is -2.42. The molecule has 0 aromatic carbocycles. The zero-order valence-corrected chi connectivity index (χ0v) is 14.3. The van der Waals surface area contributed by atoms with Crippen molar-refractivity contribution in [2.45, 2.75) is 39.9 Å². The number of ether oxygens (including phenoxy) is 2. The SMILES string of the molecule is CC(C)[C@@H]1CN(C)CCO1.CC(C)[C@H]1CN(C)CCO1. The van der Waals surface area contributed by atoms with Crippen LogP contribution in [0.3, 0.4) is 0 Å². The second-order valence-corrected chi connectivity index (χ2v) is 6.83. The van der Waals surface area contributed by atoms with Crippen molar-refractivity contribution >= 4 is 0 Å². The molecule has 2 saturated heterocycles. The van der Waals surface area contributed by atoms with Crippen molar-refractivity contribution in [1.29, 1.82) is 0 Å². The zero-order valence-electron chi connectivity index (χ0n) is 14.3. The molecule has 0 amide bonds. The fourth-order valence-electron chi connectivity index (χ4n) is 2.43. The number of likely N-dealkylation sites (N-methyl/N-ethyl adjacent to an activating group) is 2. The normalized spacial score (nSPS) is 29.4. The van der Waals surface area contributed by atoms with Gasteiger partial charge < -0.3 is 19.3 Å². The summed E-state index contributed by atoms with van der Waals surface area (Å²) >= 11 is 0. The van der Waals surface area contributed by atoms with E-state index < -0.39 is 0 Å². The Morgan fingerprint density at radius 2 is 1.10 bits per heavy atom. The van der Waals surface area contributed by atoms with Gasteiger partial charge in [0.2, 0.25) is 0 Å². The lowest BCUT2D eigenvalue weighted by Gasteiger charge is -2.32. The molecule has 0 aliphatic carbocycles. The standard InChI is InChI=1S/2C8H17NO/c2*1-7(2)8-6-9(3)4-5-10-8/h2*7-8H,4-6H2,1-3H3/t2*8-/m10/s1. The Bertz CT molecular complexity index is 233. The minimum absolute atomic E-state index is 0.457. The minimum Gasteiger partial charge on any atom is -0.375 e. The first-order valence-electron chi connectivity index (χ1n) is 8.00. The smallest absolute Gasteiger partial charge is 0.0725 e. The summed E-state index contributed by atoms with van der Waals surface area (Å²) in [5, 5.41) is 0. The van der Waals surface area contributed by atoms with E-state index in [4.69, 9.17) is 9.47 Å². The highest BCUT2D eigenvalue weighted by Crippen LogP contribution is 2.12. The summed E-state index contributed by atoms with van der Waals surface area (Å²) in [5.74, 6) is 1.31. The van der Waals surface area contributed by atoms with Crippen molar-refractivity contribution < 1.29 is 9.47 Å². The van der Waals surface area contributed by atoms with Gasteiger partial charge in [0, 0.05) is 26.2 Å². The quantitative estimate of drug-likeness (QED) is 0.774. The Hall–Kier alpha value is -0.160. The average molecular weight is 286 g/mol. The number of morpholine rings is 2. The Labute approximate surface area is 125 Å². The van der Waals surface area contributed by atoms with Crippen LogP contribution in [0.1, 0.15) is 27.7 Å². The molecule has 0 unspecified atom stereocenters. The Balaban J connectivity index is 0.000000200. The van der Waals surface area contributed by atoms with Gasteiger partial charge in [0.1, 0.15) is 0 Å². The maximum absolute atomic E-state index is 5.57. The number of hydrogen-bond acceptors (Lipinski definition) is 4. The molecule has 2 atom stereocenters. The van der Waals surface area contributed by atoms with Crippen LogP contribution in [0.25, 0.3) is 0 Å². The largest absolute Gasteiger partial charge is 0.375 e. The highest BCUT2D eigenvalue weighted by atomic mass is 16.5. The van der Waals surface area contributed by atoms with E-state index in [1.54, 1.807) is 0 Å². The van der Waals surface area contributed by atoms with Crippen LogP contribution in [-0.4, -0.2) is 75.5 Å². The van der Waals surface area contributed by atoms with Gasteiger partial charge >= 0.3 is 0 Å². The predicted molar refractivity (Wildman–Crippen MR) is 84.2 cm³/mol. The van der Waals surface area contributed by atoms with Gasteiger partial charge in [0.05, 0.1) is 25.4 Å². The molecule has 2 heterocycles. The number of rotatable bonds is 2. The molecule has 2 fully saturated rings. The number of hydrogen-bond donors (Lipinski definition) is 0. The van der Waals surface area contributed by atoms with Crippen molar-refractivity contribution in [3.8, 4) is 0 Å². The van der Waals surface area contributed by atoms with Gasteiger partial charge in [-0.3, -0.25) is 0 Å². The molecular formula is C16H34N2O2. The molecule has 0 N–H and O–H groups in total. The van der Waals surface area contributed by atoms with E-state index >= 15 is 0 Å². The molecule has 2 rings (SSSR count). The first kappa shape index (κ1) is 17.9. The first-order chi connectivity index (χ1) is 9.40. The topological polar surface area (TPSA) is 24.9 Å². The van der Waals surface area contributed by atoms with E-state index in [9.17, 15) is 0 Å². The van der Waals surface area contributed by atoms with E-state index in [0.29, 0.717) is 24.0 Å². The summed E-state index contributed by atoms with van der Waals surface area (Å²) in [6.45, 7) is 15.0. The fraction of sp³-hybridized carbons (Fsp3) is 1.00. The zero-order chi connectivity index (χ0) is 15.1. The molecule has 120 valence electrons. The molecule has 2 aliphatic rings. The van der Waals surface area contributed by atoms with Gasteiger partial charge in [-0.15, -0.1) is 0 Å². The summed E-state index contributed by atoms with van der Waals surface area (Å²) in [5.41, 5.74) is 0.